The predicted molar refractivity (Wildman–Crippen MR) is 81.9 cm³/mol. The number of halogens is 7. The van der Waals surface area contributed by atoms with E-state index in [0.717, 1.165) is 18.3 Å². The van der Waals surface area contributed by atoms with Gasteiger partial charge in [0, 0.05) is 16.8 Å². The Morgan fingerprint density at radius 2 is 1.64 bits per heavy atom. The summed E-state index contributed by atoms with van der Waals surface area (Å²) in [6.45, 7) is -1.23. The molecule has 2 rings (SSSR count). The van der Waals surface area contributed by atoms with E-state index >= 15 is 0 Å². The van der Waals surface area contributed by atoms with E-state index in [4.69, 9.17) is 23.2 Å². The number of carbonyl (C=O) groups excluding carboxylic acids is 1. The summed E-state index contributed by atoms with van der Waals surface area (Å²) in [5.74, 6) is -4.92. The van der Waals surface area contributed by atoms with Gasteiger partial charge in [0.25, 0.3) is 11.8 Å². The summed E-state index contributed by atoms with van der Waals surface area (Å²) in [5, 5.41) is 1.26. The number of hydrogen-bond donors (Lipinski definition) is 1. The second-order valence-corrected chi connectivity index (χ2v) is 5.71. The first-order valence-corrected chi connectivity index (χ1v) is 7.42. The maximum atomic E-state index is 14.1. The van der Waals surface area contributed by atoms with Gasteiger partial charge in [0.2, 0.25) is 0 Å². The second-order valence-electron chi connectivity index (χ2n) is 4.92. The van der Waals surface area contributed by atoms with Gasteiger partial charge in [0.15, 0.2) is 0 Å². The number of nitrogens with zero attached hydrogens (tertiary/aromatic N) is 1. The first kappa shape index (κ1) is 19.4. The summed E-state index contributed by atoms with van der Waals surface area (Å²) < 4.78 is 67.0. The van der Waals surface area contributed by atoms with Crippen molar-refractivity contribution in [2.24, 2.45) is 0 Å². The molecule has 10 heteroatoms. The molecule has 0 saturated carbocycles. The highest BCUT2D eigenvalue weighted by Crippen LogP contribution is 2.34. The molecule has 1 aromatic heterocycles. The van der Waals surface area contributed by atoms with Crippen LogP contribution in [0.3, 0.4) is 0 Å². The first-order valence-electron chi connectivity index (χ1n) is 6.66. The molecule has 0 bridgehead atoms. The van der Waals surface area contributed by atoms with Crippen molar-refractivity contribution < 1.29 is 26.7 Å². The van der Waals surface area contributed by atoms with Crippen molar-refractivity contribution in [2.75, 3.05) is 6.54 Å². The van der Waals surface area contributed by atoms with Crippen LogP contribution >= 0.6 is 23.2 Å². The zero-order valence-corrected chi connectivity index (χ0v) is 13.7. The van der Waals surface area contributed by atoms with E-state index in [2.05, 4.69) is 4.98 Å². The van der Waals surface area contributed by atoms with Crippen LogP contribution < -0.4 is 5.32 Å². The van der Waals surface area contributed by atoms with Gasteiger partial charge in [-0.15, -0.1) is 0 Å². The quantitative estimate of drug-likeness (QED) is 0.586. The fraction of sp³-hybridized carbons (Fsp3) is 0.200. The van der Waals surface area contributed by atoms with Gasteiger partial charge in [-0.25, -0.2) is 4.98 Å². The molecule has 1 aromatic carbocycles. The minimum absolute atomic E-state index is 0.237. The van der Waals surface area contributed by atoms with Gasteiger partial charge in [-0.2, -0.15) is 22.0 Å². The van der Waals surface area contributed by atoms with Crippen molar-refractivity contribution >= 4 is 29.1 Å². The predicted octanol–water partition coefficient (Wildman–Crippen LogP) is 4.93. The largest absolute Gasteiger partial charge is 0.417 e. The highest BCUT2D eigenvalue weighted by atomic mass is 35.5. The van der Waals surface area contributed by atoms with Crippen molar-refractivity contribution in [3.8, 4) is 0 Å². The van der Waals surface area contributed by atoms with Gasteiger partial charge < -0.3 is 5.32 Å². The van der Waals surface area contributed by atoms with Crippen LogP contribution in [0.1, 0.15) is 21.5 Å². The van der Waals surface area contributed by atoms with Crippen molar-refractivity contribution in [1.29, 1.82) is 0 Å². The lowest BCUT2D eigenvalue weighted by Gasteiger charge is -2.19. The number of carbonyl (C=O) groups is 1. The molecule has 0 fully saturated rings. The van der Waals surface area contributed by atoms with Gasteiger partial charge in [-0.1, -0.05) is 35.3 Å². The van der Waals surface area contributed by atoms with Crippen LogP contribution in [0.15, 0.2) is 36.5 Å². The summed E-state index contributed by atoms with van der Waals surface area (Å²) in [5.41, 5.74) is -2.83. The number of alkyl halides is 5. The molecule has 1 amide bonds. The lowest BCUT2D eigenvalue weighted by atomic mass is 10.1. The maximum Gasteiger partial charge on any atom is 0.417 e. The van der Waals surface area contributed by atoms with Crippen LogP contribution in [-0.2, 0) is 12.1 Å². The highest BCUT2D eigenvalue weighted by Gasteiger charge is 2.38. The molecule has 0 unspecified atom stereocenters. The molecular weight excluding hydrogens is 390 g/mol. The normalized spacial score (nSPS) is 12.1. The minimum atomic E-state index is -4.89. The molecule has 1 N–H and O–H groups in total. The third-order valence-corrected chi connectivity index (χ3v) is 3.71. The van der Waals surface area contributed by atoms with E-state index in [1.54, 1.807) is 5.32 Å². The first-order chi connectivity index (χ1) is 11.5. The number of benzene rings is 1. The number of hydrogen-bond acceptors (Lipinski definition) is 2. The Morgan fingerprint density at radius 1 is 1.04 bits per heavy atom. The Labute approximate surface area is 148 Å². The molecule has 0 spiro atoms. The molecular formula is C15H9Cl2F5N2O. The maximum absolute atomic E-state index is 14.1. The van der Waals surface area contributed by atoms with E-state index in [0.29, 0.717) is 6.07 Å². The average Bonchev–Trinajstić information content (AvgIpc) is 2.52. The molecule has 0 radical (unpaired) electrons. The zero-order chi connectivity index (χ0) is 18.8. The van der Waals surface area contributed by atoms with Crippen LogP contribution in [0.5, 0.6) is 0 Å². The van der Waals surface area contributed by atoms with Crippen LogP contribution in [0, 0.1) is 0 Å². The molecule has 0 aliphatic rings. The lowest BCUT2D eigenvalue weighted by Crippen LogP contribution is -2.36. The molecule has 0 atom stereocenters. The number of rotatable bonds is 4. The van der Waals surface area contributed by atoms with E-state index in [9.17, 15) is 26.7 Å². The number of amides is 1. The average molecular weight is 399 g/mol. The summed E-state index contributed by atoms with van der Waals surface area (Å²) in [6.07, 6.45) is -4.12. The minimum Gasteiger partial charge on any atom is -0.345 e. The van der Waals surface area contributed by atoms with Gasteiger partial charge in [0.1, 0.15) is 5.15 Å². The van der Waals surface area contributed by atoms with Gasteiger partial charge in [-0.05, 0) is 18.2 Å². The Kier molecular flexibility index (Phi) is 5.53. The Morgan fingerprint density at radius 3 is 2.20 bits per heavy atom. The number of pyridine rings is 1. The van der Waals surface area contributed by atoms with E-state index in [-0.39, 0.29) is 5.02 Å². The van der Waals surface area contributed by atoms with Gasteiger partial charge in [0.05, 0.1) is 17.7 Å². The van der Waals surface area contributed by atoms with Gasteiger partial charge >= 0.3 is 6.18 Å². The SMILES string of the molecule is O=C(NCC(F)(F)c1ccc(Cl)cc1)c1c(C(F)(F)F)ccnc1Cl. The Hall–Kier alpha value is -1.93. The van der Waals surface area contributed by atoms with E-state index in [1.165, 1.54) is 12.1 Å². The molecule has 0 aliphatic heterocycles. The molecule has 2 aromatic rings. The van der Waals surface area contributed by atoms with E-state index < -0.39 is 46.4 Å². The van der Waals surface area contributed by atoms with Crippen LogP contribution in [0.2, 0.25) is 10.2 Å². The monoisotopic (exact) mass is 398 g/mol. The molecule has 134 valence electrons. The molecule has 25 heavy (non-hydrogen) atoms. The van der Waals surface area contributed by atoms with Gasteiger partial charge in [-0.3, -0.25) is 4.79 Å². The second kappa shape index (κ2) is 7.13. The molecule has 1 heterocycles. The topological polar surface area (TPSA) is 42.0 Å². The number of aromatic nitrogens is 1. The molecule has 0 aliphatic carbocycles. The fourth-order valence-corrected chi connectivity index (χ4v) is 2.33. The summed E-state index contributed by atoms with van der Waals surface area (Å²) in [4.78, 5) is 15.4. The van der Waals surface area contributed by atoms with Crippen LogP contribution in [-0.4, -0.2) is 17.4 Å². The number of nitrogens with one attached hydrogen (secondary N) is 1. The van der Waals surface area contributed by atoms with Crippen molar-refractivity contribution in [1.82, 2.24) is 10.3 Å². The third-order valence-electron chi connectivity index (χ3n) is 3.17. The summed E-state index contributed by atoms with van der Waals surface area (Å²) in [7, 11) is 0. The summed E-state index contributed by atoms with van der Waals surface area (Å²) >= 11 is 11.1. The Bertz CT molecular complexity index is 778. The smallest absolute Gasteiger partial charge is 0.345 e. The lowest BCUT2D eigenvalue weighted by molar-refractivity contribution is -0.138. The van der Waals surface area contributed by atoms with E-state index in [1.807, 2.05) is 0 Å². The van der Waals surface area contributed by atoms with Crippen LogP contribution in [0.4, 0.5) is 22.0 Å². The Balaban J connectivity index is 2.22. The molecule has 0 saturated heterocycles. The van der Waals surface area contributed by atoms with Crippen molar-refractivity contribution in [3.63, 3.8) is 0 Å². The summed E-state index contributed by atoms with van der Waals surface area (Å²) in [6, 6.07) is 5.09. The van der Waals surface area contributed by atoms with Crippen molar-refractivity contribution in [3.05, 3.63) is 63.4 Å². The zero-order valence-electron chi connectivity index (χ0n) is 12.2. The third kappa shape index (κ3) is 4.58. The highest BCUT2D eigenvalue weighted by molar-refractivity contribution is 6.32. The standard InChI is InChI=1S/C15H9Cl2F5N2O/c16-9-3-1-8(2-4-9)14(18,19)7-24-13(25)11-10(15(20,21)22)5-6-23-12(11)17/h1-6H,7H2,(H,24,25). The van der Waals surface area contributed by atoms with Crippen molar-refractivity contribution in [2.45, 2.75) is 12.1 Å². The molecule has 3 nitrogen and oxygen atoms in total. The van der Waals surface area contributed by atoms with Crippen LogP contribution in [0.25, 0.3) is 0 Å². The fourth-order valence-electron chi connectivity index (χ4n) is 1.96.